The lowest BCUT2D eigenvalue weighted by Gasteiger charge is -2.23. The highest BCUT2D eigenvalue weighted by molar-refractivity contribution is 5.87. The summed E-state index contributed by atoms with van der Waals surface area (Å²) in [6.45, 7) is 4.74. The van der Waals surface area contributed by atoms with Crippen LogP contribution in [-0.4, -0.2) is 75.8 Å². The number of methoxy groups -OCH3 is 1. The van der Waals surface area contributed by atoms with E-state index in [1.807, 2.05) is 59.9 Å². The third-order valence-corrected chi connectivity index (χ3v) is 6.54. The molecule has 4 aromatic rings. The van der Waals surface area contributed by atoms with E-state index in [0.29, 0.717) is 34.9 Å². The monoisotopic (exact) mass is 549 g/mol. The third-order valence-electron chi connectivity index (χ3n) is 6.54. The molecule has 0 spiro atoms. The molecule has 2 aromatic heterocycles. The number of likely N-dealkylation sites (N-methyl/N-ethyl adjacent to an activating group) is 2. The Hall–Kier alpha value is -4.49. The average Bonchev–Trinajstić information content (AvgIpc) is 3.25. The number of hydrogen-bond acceptors (Lipinski definition) is 11. The van der Waals surface area contributed by atoms with Gasteiger partial charge in [0, 0.05) is 67.7 Å². The number of nitrogens with one attached hydrogen (secondary N) is 2. The maximum atomic E-state index is 12.0. The van der Waals surface area contributed by atoms with Crippen LogP contribution in [-0.2, 0) is 12.6 Å². The number of nitro groups is 1. The van der Waals surface area contributed by atoms with Crippen molar-refractivity contribution in [3.8, 4) is 5.75 Å². The maximum absolute atomic E-state index is 12.0. The fourth-order valence-corrected chi connectivity index (χ4v) is 4.33. The second kappa shape index (κ2) is 11.3. The number of ether oxygens (including phenoxy) is 1. The number of fused-ring (bicyclic) bond motifs is 1. The van der Waals surface area contributed by atoms with Gasteiger partial charge in [-0.05, 0) is 46.1 Å². The van der Waals surface area contributed by atoms with Gasteiger partial charge in [-0.1, -0.05) is 0 Å². The summed E-state index contributed by atoms with van der Waals surface area (Å²) >= 11 is 0. The number of nitro benzene ring substituents is 1. The van der Waals surface area contributed by atoms with Crippen molar-refractivity contribution < 1.29 is 14.8 Å². The molecule has 0 fully saturated rings. The highest BCUT2D eigenvalue weighted by Crippen LogP contribution is 2.39. The summed E-state index contributed by atoms with van der Waals surface area (Å²) in [7, 11) is 9.13. The van der Waals surface area contributed by atoms with Crippen LogP contribution in [0.5, 0.6) is 5.75 Å². The van der Waals surface area contributed by atoms with Gasteiger partial charge in [-0.2, -0.15) is 4.98 Å². The molecule has 3 N–H and O–H groups in total. The zero-order valence-corrected chi connectivity index (χ0v) is 23.8. The Labute approximate surface area is 232 Å². The number of benzene rings is 2. The van der Waals surface area contributed by atoms with E-state index in [0.717, 1.165) is 17.4 Å². The topological polar surface area (TPSA) is 147 Å². The molecule has 212 valence electrons. The Morgan fingerprint density at radius 3 is 2.35 bits per heavy atom. The standard InChI is InChI=1S/C27H35N9O4/c1-27(2,37)18-13-21-17(8-9-34(21)5)12-19(18)30-25-28-16-29-26(32-25)31-20-14-23(36(38)39)22(15-24(20)40-7)35(6)11-10-33(3)4/h8-9,12-16,37H,10-11H2,1-7H3,(H2,28,29,30,31,32). The lowest BCUT2D eigenvalue weighted by molar-refractivity contribution is -0.384. The third kappa shape index (κ3) is 6.21. The van der Waals surface area contributed by atoms with E-state index in [1.165, 1.54) is 19.5 Å². The van der Waals surface area contributed by atoms with Crippen LogP contribution in [0.4, 0.5) is 34.6 Å². The Morgan fingerprint density at radius 1 is 1.07 bits per heavy atom. The first-order chi connectivity index (χ1) is 18.9. The number of aliphatic hydroxyl groups is 1. The van der Waals surface area contributed by atoms with Gasteiger partial charge in [0.25, 0.3) is 5.69 Å². The normalized spacial score (nSPS) is 11.6. The molecule has 0 aliphatic carbocycles. The predicted octanol–water partition coefficient (Wildman–Crippen LogP) is 3.99. The number of aryl methyl sites for hydroxylation is 1. The minimum absolute atomic E-state index is 0.0806. The Bertz CT molecular complexity index is 1530. The van der Waals surface area contributed by atoms with Crippen LogP contribution >= 0.6 is 0 Å². The second-order valence-electron chi connectivity index (χ2n) is 10.3. The Morgan fingerprint density at radius 2 is 1.75 bits per heavy atom. The molecular formula is C27H35N9O4. The molecular weight excluding hydrogens is 514 g/mol. The SMILES string of the molecule is COc1cc(N(C)CCN(C)C)c([N+](=O)[O-])cc1Nc1ncnc(Nc2cc3ccn(C)c3cc2C(C)(C)O)n1. The van der Waals surface area contributed by atoms with Crippen molar-refractivity contribution in [3.05, 3.63) is 58.5 Å². The first kappa shape index (κ1) is 28.5. The van der Waals surface area contributed by atoms with E-state index in [-0.39, 0.29) is 17.6 Å². The summed E-state index contributed by atoms with van der Waals surface area (Å²) < 4.78 is 7.54. The molecule has 0 unspecified atom stereocenters. The van der Waals surface area contributed by atoms with Gasteiger partial charge in [0.1, 0.15) is 17.8 Å². The summed E-state index contributed by atoms with van der Waals surface area (Å²) in [5.74, 6) is 0.780. The van der Waals surface area contributed by atoms with Crippen LogP contribution in [0.3, 0.4) is 0 Å². The van der Waals surface area contributed by atoms with Crippen LogP contribution in [0.15, 0.2) is 42.9 Å². The van der Waals surface area contributed by atoms with Crippen molar-refractivity contribution >= 4 is 45.5 Å². The van der Waals surface area contributed by atoms with Gasteiger partial charge in [-0.3, -0.25) is 10.1 Å². The quantitative estimate of drug-likeness (QED) is 0.184. The van der Waals surface area contributed by atoms with E-state index in [2.05, 4.69) is 25.6 Å². The maximum Gasteiger partial charge on any atom is 0.294 e. The van der Waals surface area contributed by atoms with Gasteiger partial charge < -0.3 is 34.8 Å². The lowest BCUT2D eigenvalue weighted by Crippen LogP contribution is -2.29. The van der Waals surface area contributed by atoms with Crippen LogP contribution in [0.25, 0.3) is 10.9 Å². The molecule has 0 saturated heterocycles. The number of nitrogens with zero attached hydrogens (tertiary/aromatic N) is 7. The molecule has 13 nitrogen and oxygen atoms in total. The molecule has 4 rings (SSSR count). The highest BCUT2D eigenvalue weighted by atomic mass is 16.6. The zero-order chi connectivity index (χ0) is 29.2. The largest absolute Gasteiger partial charge is 0.494 e. The summed E-state index contributed by atoms with van der Waals surface area (Å²) in [6, 6.07) is 8.88. The van der Waals surface area contributed by atoms with E-state index in [1.54, 1.807) is 27.0 Å². The predicted molar refractivity (Wildman–Crippen MR) is 156 cm³/mol. The van der Waals surface area contributed by atoms with Gasteiger partial charge in [-0.25, -0.2) is 9.97 Å². The molecule has 40 heavy (non-hydrogen) atoms. The number of aromatic nitrogens is 4. The molecule has 2 aromatic carbocycles. The summed E-state index contributed by atoms with van der Waals surface area (Å²) in [4.78, 5) is 28.2. The van der Waals surface area contributed by atoms with Gasteiger partial charge in [0.15, 0.2) is 0 Å². The molecule has 0 saturated carbocycles. The highest BCUT2D eigenvalue weighted by Gasteiger charge is 2.24. The first-order valence-electron chi connectivity index (χ1n) is 12.6. The molecule has 2 heterocycles. The number of rotatable bonds is 11. The van der Waals surface area contributed by atoms with E-state index >= 15 is 0 Å². The molecule has 0 amide bonds. The number of hydrogen-bond donors (Lipinski definition) is 3. The fraction of sp³-hybridized carbons (Fsp3) is 0.370. The van der Waals surface area contributed by atoms with Crippen molar-refractivity contribution in [1.82, 2.24) is 24.4 Å². The molecule has 0 radical (unpaired) electrons. The average molecular weight is 550 g/mol. The van der Waals surface area contributed by atoms with Crippen molar-refractivity contribution in [1.29, 1.82) is 0 Å². The zero-order valence-electron chi connectivity index (χ0n) is 23.8. The number of anilines is 5. The molecule has 0 atom stereocenters. The minimum atomic E-state index is -1.14. The van der Waals surface area contributed by atoms with Gasteiger partial charge in [0.05, 0.1) is 23.3 Å². The summed E-state index contributed by atoms with van der Waals surface area (Å²) in [5.41, 5.74) is 1.84. The van der Waals surface area contributed by atoms with Crippen molar-refractivity contribution in [2.24, 2.45) is 7.05 Å². The van der Waals surface area contributed by atoms with Gasteiger partial charge in [-0.15, -0.1) is 0 Å². The van der Waals surface area contributed by atoms with Crippen LogP contribution in [0.1, 0.15) is 19.4 Å². The van der Waals surface area contributed by atoms with Crippen molar-refractivity contribution in [2.45, 2.75) is 19.4 Å². The van der Waals surface area contributed by atoms with E-state index in [9.17, 15) is 15.2 Å². The second-order valence-corrected chi connectivity index (χ2v) is 10.3. The fourth-order valence-electron chi connectivity index (χ4n) is 4.33. The molecule has 13 heteroatoms. The van der Waals surface area contributed by atoms with Crippen LogP contribution < -0.4 is 20.3 Å². The van der Waals surface area contributed by atoms with Gasteiger partial charge in [0.2, 0.25) is 11.9 Å². The van der Waals surface area contributed by atoms with E-state index < -0.39 is 10.5 Å². The first-order valence-corrected chi connectivity index (χ1v) is 12.6. The Balaban J connectivity index is 1.66. The van der Waals surface area contributed by atoms with E-state index in [4.69, 9.17) is 4.74 Å². The Kier molecular flexibility index (Phi) is 8.07. The van der Waals surface area contributed by atoms with Crippen LogP contribution in [0.2, 0.25) is 0 Å². The molecule has 0 bridgehead atoms. The van der Waals surface area contributed by atoms with Crippen molar-refractivity contribution in [3.63, 3.8) is 0 Å². The van der Waals surface area contributed by atoms with Gasteiger partial charge >= 0.3 is 0 Å². The van der Waals surface area contributed by atoms with Crippen molar-refractivity contribution in [2.75, 3.05) is 56.9 Å². The minimum Gasteiger partial charge on any atom is -0.494 e. The summed E-state index contributed by atoms with van der Waals surface area (Å²) in [6.07, 6.45) is 3.28. The molecule has 0 aliphatic rings. The smallest absolute Gasteiger partial charge is 0.294 e. The van der Waals surface area contributed by atoms with Crippen LogP contribution in [0, 0.1) is 10.1 Å². The lowest BCUT2D eigenvalue weighted by atomic mass is 9.95. The molecule has 0 aliphatic heterocycles. The summed E-state index contributed by atoms with van der Waals surface area (Å²) in [5, 5.41) is 30.0.